The fraction of sp³-hybridized carbons (Fsp3) is 1.00. The van der Waals surface area contributed by atoms with Crippen LogP contribution in [0.3, 0.4) is 0 Å². The highest BCUT2D eigenvalue weighted by atomic mass is 16.6. The lowest BCUT2D eigenvalue weighted by atomic mass is 10.6. The topological polar surface area (TPSA) is 89.0 Å². The summed E-state index contributed by atoms with van der Waals surface area (Å²) in [4.78, 5) is 0. The van der Waals surface area contributed by atoms with Gasteiger partial charge in [0.15, 0.2) is 0 Å². The third-order valence-electron chi connectivity index (χ3n) is 1.63. The van der Waals surface area contributed by atoms with Gasteiger partial charge in [0, 0.05) is 6.61 Å². The molecule has 0 aromatic heterocycles. The average molecular weight is 236 g/mol. The van der Waals surface area contributed by atoms with E-state index in [0.29, 0.717) is 46.2 Å². The van der Waals surface area contributed by atoms with E-state index in [1.54, 1.807) is 0 Å². The molecule has 0 rings (SSSR count). The Bertz CT molecular complexity index is 136. The Morgan fingerprint density at radius 3 is 1.62 bits per heavy atom. The van der Waals surface area contributed by atoms with Crippen molar-refractivity contribution in [2.75, 3.05) is 52.9 Å². The zero-order chi connectivity index (χ0) is 12.1. The van der Waals surface area contributed by atoms with Gasteiger partial charge in [-0.05, 0) is 6.92 Å². The summed E-state index contributed by atoms with van der Waals surface area (Å²) in [6, 6.07) is 0. The van der Waals surface area contributed by atoms with E-state index in [2.05, 4.69) is 0 Å². The van der Waals surface area contributed by atoms with Crippen molar-refractivity contribution in [3.05, 3.63) is 0 Å². The van der Waals surface area contributed by atoms with Gasteiger partial charge >= 0.3 is 0 Å². The second-order valence-corrected chi connectivity index (χ2v) is 3.16. The summed E-state index contributed by atoms with van der Waals surface area (Å²) in [6.07, 6.45) is -0.415. The minimum absolute atomic E-state index is 0.355. The van der Waals surface area contributed by atoms with Crippen molar-refractivity contribution in [1.82, 2.24) is 0 Å². The van der Waals surface area contributed by atoms with E-state index in [1.807, 2.05) is 6.92 Å². The van der Waals surface area contributed by atoms with Crippen molar-refractivity contribution in [2.24, 2.45) is 11.5 Å². The summed E-state index contributed by atoms with van der Waals surface area (Å²) in [6.45, 7) is 6.44. The maximum absolute atomic E-state index is 5.29. The first-order valence-electron chi connectivity index (χ1n) is 5.59. The Morgan fingerprint density at radius 1 is 0.750 bits per heavy atom. The van der Waals surface area contributed by atoms with E-state index in [4.69, 9.17) is 30.4 Å². The van der Waals surface area contributed by atoms with Crippen LogP contribution in [0.15, 0.2) is 0 Å². The Hall–Kier alpha value is -0.240. The minimum Gasteiger partial charge on any atom is -0.379 e. The van der Waals surface area contributed by atoms with Gasteiger partial charge in [0.1, 0.15) is 0 Å². The SMILES string of the molecule is CCOCCOCCOCCOCC(N)N. The van der Waals surface area contributed by atoms with Crippen molar-refractivity contribution in [1.29, 1.82) is 0 Å². The Kier molecular flexibility index (Phi) is 12.6. The molecule has 0 radical (unpaired) electrons. The summed E-state index contributed by atoms with van der Waals surface area (Å²) < 4.78 is 20.7. The molecule has 0 aliphatic carbocycles. The predicted molar refractivity (Wildman–Crippen MR) is 61.1 cm³/mol. The first-order valence-corrected chi connectivity index (χ1v) is 5.59. The molecule has 0 aliphatic heterocycles. The van der Waals surface area contributed by atoms with Crippen LogP contribution >= 0.6 is 0 Å². The summed E-state index contributed by atoms with van der Waals surface area (Å²) in [7, 11) is 0. The van der Waals surface area contributed by atoms with Crippen LogP contribution in [0.4, 0.5) is 0 Å². The van der Waals surface area contributed by atoms with Gasteiger partial charge in [0.05, 0.1) is 52.4 Å². The lowest BCUT2D eigenvalue weighted by Gasteiger charge is -2.08. The Labute approximate surface area is 97.2 Å². The molecular formula is C10H24N2O4. The highest BCUT2D eigenvalue weighted by molar-refractivity contribution is 4.45. The van der Waals surface area contributed by atoms with E-state index in [1.165, 1.54) is 0 Å². The van der Waals surface area contributed by atoms with Gasteiger partial charge in [-0.25, -0.2) is 0 Å². The molecule has 0 unspecified atom stereocenters. The van der Waals surface area contributed by atoms with Crippen molar-refractivity contribution < 1.29 is 18.9 Å². The number of hydrogen-bond acceptors (Lipinski definition) is 6. The maximum Gasteiger partial charge on any atom is 0.0762 e. The van der Waals surface area contributed by atoms with Crippen LogP contribution in [0, 0.1) is 0 Å². The lowest BCUT2D eigenvalue weighted by molar-refractivity contribution is -0.00172. The van der Waals surface area contributed by atoms with Gasteiger partial charge in [0.2, 0.25) is 0 Å². The summed E-state index contributed by atoms with van der Waals surface area (Å²) in [5, 5.41) is 0. The van der Waals surface area contributed by atoms with Crippen LogP contribution < -0.4 is 11.5 Å². The summed E-state index contributed by atoms with van der Waals surface area (Å²) in [5.41, 5.74) is 10.6. The van der Waals surface area contributed by atoms with Crippen LogP contribution in [-0.2, 0) is 18.9 Å². The van der Waals surface area contributed by atoms with Crippen LogP contribution in [0.5, 0.6) is 0 Å². The average Bonchev–Trinajstić information content (AvgIpc) is 2.25. The molecule has 0 aromatic carbocycles. The molecule has 0 heterocycles. The van der Waals surface area contributed by atoms with E-state index >= 15 is 0 Å². The lowest BCUT2D eigenvalue weighted by Crippen LogP contribution is -2.35. The molecule has 0 aromatic rings. The van der Waals surface area contributed by atoms with Crippen molar-refractivity contribution in [2.45, 2.75) is 13.1 Å². The molecule has 0 saturated heterocycles. The van der Waals surface area contributed by atoms with Gasteiger partial charge in [-0.2, -0.15) is 0 Å². The highest BCUT2D eigenvalue weighted by Gasteiger charge is 1.94. The molecule has 0 aliphatic rings. The number of hydrogen-bond donors (Lipinski definition) is 2. The molecule has 98 valence electrons. The normalized spacial score (nSPS) is 11.2. The summed E-state index contributed by atoms with van der Waals surface area (Å²) in [5.74, 6) is 0. The second kappa shape index (κ2) is 12.8. The van der Waals surface area contributed by atoms with Crippen molar-refractivity contribution in [3.8, 4) is 0 Å². The largest absolute Gasteiger partial charge is 0.379 e. The molecule has 16 heavy (non-hydrogen) atoms. The maximum atomic E-state index is 5.29. The quantitative estimate of drug-likeness (QED) is 0.344. The van der Waals surface area contributed by atoms with Crippen LogP contribution in [0.25, 0.3) is 0 Å². The van der Waals surface area contributed by atoms with E-state index in [0.717, 1.165) is 6.61 Å². The fourth-order valence-electron chi connectivity index (χ4n) is 0.921. The monoisotopic (exact) mass is 236 g/mol. The second-order valence-electron chi connectivity index (χ2n) is 3.16. The number of rotatable bonds is 12. The molecule has 4 N–H and O–H groups in total. The smallest absolute Gasteiger partial charge is 0.0762 e. The van der Waals surface area contributed by atoms with E-state index in [-0.39, 0.29) is 0 Å². The molecule has 6 nitrogen and oxygen atoms in total. The molecule has 0 fully saturated rings. The zero-order valence-electron chi connectivity index (χ0n) is 10.0. The van der Waals surface area contributed by atoms with Gasteiger partial charge < -0.3 is 30.4 Å². The first-order chi connectivity index (χ1) is 7.77. The minimum atomic E-state index is -0.415. The van der Waals surface area contributed by atoms with E-state index in [9.17, 15) is 0 Å². The fourth-order valence-corrected chi connectivity index (χ4v) is 0.921. The van der Waals surface area contributed by atoms with Crippen LogP contribution in [-0.4, -0.2) is 59.0 Å². The van der Waals surface area contributed by atoms with Gasteiger partial charge in [-0.15, -0.1) is 0 Å². The Balaban J connectivity index is 2.88. The molecular weight excluding hydrogens is 212 g/mol. The van der Waals surface area contributed by atoms with Gasteiger partial charge in [-0.1, -0.05) is 0 Å². The standard InChI is InChI=1S/C10H24N2O4/c1-2-13-3-4-14-5-6-15-7-8-16-9-10(11)12/h10H,2-9,11-12H2,1H3. The van der Waals surface area contributed by atoms with Crippen LogP contribution in [0.1, 0.15) is 6.92 Å². The molecule has 6 heteroatoms. The number of ether oxygens (including phenoxy) is 4. The summed E-state index contributed by atoms with van der Waals surface area (Å²) >= 11 is 0. The first kappa shape index (κ1) is 15.8. The molecule has 0 atom stereocenters. The third-order valence-corrected chi connectivity index (χ3v) is 1.63. The predicted octanol–water partition coefficient (Wildman–Crippen LogP) is -0.684. The van der Waals surface area contributed by atoms with Crippen LogP contribution in [0.2, 0.25) is 0 Å². The van der Waals surface area contributed by atoms with Gasteiger partial charge in [-0.3, -0.25) is 0 Å². The molecule has 0 saturated carbocycles. The molecule has 0 amide bonds. The van der Waals surface area contributed by atoms with Gasteiger partial charge in [0.25, 0.3) is 0 Å². The highest BCUT2D eigenvalue weighted by Crippen LogP contribution is 1.82. The third kappa shape index (κ3) is 13.8. The number of nitrogens with two attached hydrogens (primary N) is 2. The van der Waals surface area contributed by atoms with Crippen molar-refractivity contribution >= 4 is 0 Å². The molecule has 0 bridgehead atoms. The zero-order valence-corrected chi connectivity index (χ0v) is 10.0. The Morgan fingerprint density at radius 2 is 1.19 bits per heavy atom. The van der Waals surface area contributed by atoms with E-state index < -0.39 is 6.17 Å². The molecule has 0 spiro atoms. The van der Waals surface area contributed by atoms with Crippen molar-refractivity contribution in [3.63, 3.8) is 0 Å².